The molecule has 0 aliphatic rings. The van der Waals surface area contributed by atoms with Crippen LogP contribution in [0.3, 0.4) is 0 Å². The molecule has 0 radical (unpaired) electrons. The van der Waals surface area contributed by atoms with Crippen LogP contribution < -0.4 is 11.1 Å². The van der Waals surface area contributed by atoms with E-state index in [1.807, 2.05) is 37.3 Å². The average molecular weight is 339 g/mol. The number of amides is 2. The highest BCUT2D eigenvalue weighted by Gasteiger charge is 2.14. The molecule has 25 heavy (non-hydrogen) atoms. The second-order valence-corrected chi connectivity index (χ2v) is 5.46. The van der Waals surface area contributed by atoms with Gasteiger partial charge in [0.1, 0.15) is 12.0 Å². The third kappa shape index (κ3) is 3.77. The summed E-state index contributed by atoms with van der Waals surface area (Å²) < 4.78 is 10.6. The second kappa shape index (κ2) is 7.04. The monoisotopic (exact) mass is 339 g/mol. The van der Waals surface area contributed by atoms with Crippen molar-refractivity contribution in [2.75, 3.05) is 6.54 Å². The molecule has 0 fully saturated rings. The van der Waals surface area contributed by atoms with Gasteiger partial charge in [0.15, 0.2) is 5.76 Å². The highest BCUT2D eigenvalue weighted by Crippen LogP contribution is 2.21. The maximum atomic E-state index is 12.0. The van der Waals surface area contributed by atoms with Gasteiger partial charge in [-0.3, -0.25) is 9.59 Å². The number of aryl methyl sites for hydroxylation is 1. The number of rotatable bonds is 6. The van der Waals surface area contributed by atoms with Crippen LogP contribution in [-0.4, -0.2) is 23.3 Å². The van der Waals surface area contributed by atoms with E-state index in [2.05, 4.69) is 10.3 Å². The topological polar surface area (TPSA) is 111 Å². The number of benzene rings is 1. The van der Waals surface area contributed by atoms with E-state index in [-0.39, 0.29) is 17.2 Å². The molecule has 3 N–H and O–H groups in total. The summed E-state index contributed by atoms with van der Waals surface area (Å²) in [7, 11) is 0. The molecule has 3 aromatic rings. The normalized spacial score (nSPS) is 10.6. The van der Waals surface area contributed by atoms with Gasteiger partial charge in [0.25, 0.3) is 11.8 Å². The molecule has 2 amide bonds. The Morgan fingerprint density at radius 3 is 2.68 bits per heavy atom. The molecular weight excluding hydrogens is 322 g/mol. The van der Waals surface area contributed by atoms with E-state index in [1.165, 1.54) is 12.3 Å². The lowest BCUT2D eigenvalue weighted by Gasteiger charge is -2.01. The Morgan fingerprint density at radius 2 is 2.00 bits per heavy atom. The van der Waals surface area contributed by atoms with Gasteiger partial charge in [-0.2, -0.15) is 0 Å². The van der Waals surface area contributed by atoms with E-state index in [9.17, 15) is 9.59 Å². The highest BCUT2D eigenvalue weighted by molar-refractivity contribution is 5.97. The Morgan fingerprint density at radius 1 is 1.24 bits per heavy atom. The van der Waals surface area contributed by atoms with Crippen molar-refractivity contribution in [3.8, 4) is 11.5 Å². The number of nitrogens with two attached hydrogens (primary N) is 1. The molecule has 2 aromatic heterocycles. The molecule has 3 rings (SSSR count). The summed E-state index contributed by atoms with van der Waals surface area (Å²) in [5, 5.41) is 2.74. The van der Waals surface area contributed by atoms with Crippen molar-refractivity contribution < 1.29 is 18.4 Å². The zero-order valence-electron chi connectivity index (χ0n) is 13.6. The molecule has 0 spiro atoms. The van der Waals surface area contributed by atoms with E-state index in [4.69, 9.17) is 14.6 Å². The van der Waals surface area contributed by atoms with Crippen LogP contribution in [0.2, 0.25) is 0 Å². The first-order valence-electron chi connectivity index (χ1n) is 7.73. The first kappa shape index (κ1) is 16.5. The number of oxazole rings is 1. The summed E-state index contributed by atoms with van der Waals surface area (Å²) in [6.45, 7) is 2.21. The largest absolute Gasteiger partial charge is 0.458 e. The van der Waals surface area contributed by atoms with E-state index < -0.39 is 5.91 Å². The summed E-state index contributed by atoms with van der Waals surface area (Å²) in [4.78, 5) is 27.5. The van der Waals surface area contributed by atoms with Crippen LogP contribution in [0.1, 0.15) is 32.4 Å². The predicted octanol–water partition coefficient (Wildman–Crippen LogP) is 2.31. The number of carbonyl (C=O) groups is 2. The fourth-order valence-corrected chi connectivity index (χ4v) is 2.35. The van der Waals surface area contributed by atoms with E-state index >= 15 is 0 Å². The zero-order chi connectivity index (χ0) is 17.8. The number of furan rings is 1. The van der Waals surface area contributed by atoms with Gasteiger partial charge in [-0.05, 0) is 19.1 Å². The van der Waals surface area contributed by atoms with Crippen LogP contribution in [0.25, 0.3) is 11.5 Å². The van der Waals surface area contributed by atoms with Crippen LogP contribution >= 0.6 is 0 Å². The zero-order valence-corrected chi connectivity index (χ0v) is 13.6. The van der Waals surface area contributed by atoms with Gasteiger partial charge >= 0.3 is 0 Å². The molecule has 128 valence electrons. The highest BCUT2D eigenvalue weighted by atomic mass is 16.4. The van der Waals surface area contributed by atoms with Crippen molar-refractivity contribution >= 4 is 11.8 Å². The summed E-state index contributed by atoms with van der Waals surface area (Å²) in [6.07, 6.45) is 1.72. The van der Waals surface area contributed by atoms with Crippen LogP contribution in [-0.2, 0) is 6.42 Å². The molecule has 0 bridgehead atoms. The first-order valence-corrected chi connectivity index (χ1v) is 7.73. The minimum Gasteiger partial charge on any atom is -0.458 e. The molecule has 0 saturated carbocycles. The summed E-state index contributed by atoms with van der Waals surface area (Å²) in [6, 6.07) is 10.9. The Bertz CT molecular complexity index is 896. The van der Waals surface area contributed by atoms with Crippen molar-refractivity contribution in [2.24, 2.45) is 5.73 Å². The SMILES string of the molecule is Cc1oc(-c2ccccc2)nc1CCNC(=O)c1coc(C(N)=O)c1. The predicted molar refractivity (Wildman–Crippen MR) is 89.9 cm³/mol. The maximum absolute atomic E-state index is 12.0. The summed E-state index contributed by atoms with van der Waals surface area (Å²) in [5.74, 6) is 0.157. The average Bonchev–Trinajstić information content (AvgIpc) is 3.23. The standard InChI is InChI=1S/C18H17N3O4/c1-11-14(21-18(25-11)12-5-3-2-4-6-12)7-8-20-17(23)13-9-15(16(19)22)24-10-13/h2-6,9-10H,7-8H2,1H3,(H2,19,22)(H,20,23). The third-order valence-corrected chi connectivity index (χ3v) is 3.67. The number of nitrogens with one attached hydrogen (secondary N) is 1. The Kier molecular flexibility index (Phi) is 4.65. The fraction of sp³-hybridized carbons (Fsp3) is 0.167. The van der Waals surface area contributed by atoms with Crippen molar-refractivity contribution in [2.45, 2.75) is 13.3 Å². The van der Waals surface area contributed by atoms with Gasteiger partial charge in [0.05, 0.1) is 11.3 Å². The Hall–Kier alpha value is -3.35. The van der Waals surface area contributed by atoms with Gasteiger partial charge < -0.3 is 19.9 Å². The number of nitrogens with zero attached hydrogens (tertiary/aromatic N) is 1. The number of hydrogen-bond acceptors (Lipinski definition) is 5. The van der Waals surface area contributed by atoms with Crippen LogP contribution in [0.5, 0.6) is 0 Å². The van der Waals surface area contributed by atoms with Crippen molar-refractivity contribution in [3.63, 3.8) is 0 Å². The number of carbonyl (C=O) groups excluding carboxylic acids is 2. The Labute approximate surface area is 143 Å². The lowest BCUT2D eigenvalue weighted by atomic mass is 10.2. The molecular formula is C18H17N3O4. The van der Waals surface area contributed by atoms with Gasteiger partial charge in [0, 0.05) is 24.6 Å². The number of aromatic nitrogens is 1. The van der Waals surface area contributed by atoms with Crippen LogP contribution in [0.15, 0.2) is 51.5 Å². The van der Waals surface area contributed by atoms with Gasteiger partial charge in [-0.1, -0.05) is 18.2 Å². The van der Waals surface area contributed by atoms with Crippen LogP contribution in [0.4, 0.5) is 0 Å². The van der Waals surface area contributed by atoms with E-state index in [0.29, 0.717) is 24.6 Å². The number of primary amides is 1. The molecule has 7 nitrogen and oxygen atoms in total. The number of hydrogen-bond donors (Lipinski definition) is 2. The second-order valence-electron chi connectivity index (χ2n) is 5.46. The molecule has 0 aliphatic carbocycles. The van der Waals surface area contributed by atoms with Crippen LogP contribution in [0, 0.1) is 6.92 Å². The Balaban J connectivity index is 1.59. The lowest BCUT2D eigenvalue weighted by molar-refractivity contribution is 0.0950. The van der Waals surface area contributed by atoms with E-state index in [1.54, 1.807) is 0 Å². The minimum atomic E-state index is -0.717. The first-order chi connectivity index (χ1) is 12.0. The molecule has 0 unspecified atom stereocenters. The molecule has 2 heterocycles. The van der Waals surface area contributed by atoms with E-state index in [0.717, 1.165) is 11.3 Å². The smallest absolute Gasteiger partial charge is 0.284 e. The quantitative estimate of drug-likeness (QED) is 0.716. The molecule has 7 heteroatoms. The molecule has 0 atom stereocenters. The van der Waals surface area contributed by atoms with Gasteiger partial charge in [0.2, 0.25) is 5.89 Å². The summed E-state index contributed by atoms with van der Waals surface area (Å²) >= 11 is 0. The van der Waals surface area contributed by atoms with Crippen molar-refractivity contribution in [1.82, 2.24) is 10.3 Å². The maximum Gasteiger partial charge on any atom is 0.284 e. The third-order valence-electron chi connectivity index (χ3n) is 3.67. The minimum absolute atomic E-state index is 0.0509. The van der Waals surface area contributed by atoms with Crippen molar-refractivity contribution in [1.29, 1.82) is 0 Å². The van der Waals surface area contributed by atoms with Crippen molar-refractivity contribution in [3.05, 3.63) is 65.4 Å². The fourth-order valence-electron chi connectivity index (χ4n) is 2.35. The molecule has 1 aromatic carbocycles. The van der Waals surface area contributed by atoms with Gasteiger partial charge in [-0.15, -0.1) is 0 Å². The molecule has 0 saturated heterocycles. The van der Waals surface area contributed by atoms with Gasteiger partial charge in [-0.25, -0.2) is 4.98 Å². The molecule has 0 aliphatic heterocycles. The summed E-state index contributed by atoms with van der Waals surface area (Å²) in [5.41, 5.74) is 7.02. The lowest BCUT2D eigenvalue weighted by Crippen LogP contribution is -2.25.